The number of hydrogen-bond acceptors (Lipinski definition) is 6. The predicted octanol–water partition coefficient (Wildman–Crippen LogP) is -0.260. The molecule has 1 aliphatic heterocycles. The Bertz CT molecular complexity index is 968. The molecule has 2 heterocycles. The molecule has 0 aromatic carbocycles. The number of carbonyl (C=O) groups excluding carboxylic acids is 3. The molecule has 0 bridgehead atoms. The standard InChI is InChI=1S/C18H25N5O5/c1-4-10-5-7-18(8-6-10)15(26)23(16(27)20-18)9-11(24)12-13(19)21(2)17(28)22(3)14(12)25/h10H,4-9,19H2,1-3H3,(H,20,27). The molecule has 0 unspecified atom stereocenters. The Hall–Kier alpha value is -2.91. The second-order valence-corrected chi connectivity index (χ2v) is 7.64. The van der Waals surface area contributed by atoms with Gasteiger partial charge in [-0.1, -0.05) is 13.3 Å². The first kappa shape index (κ1) is 19.8. The van der Waals surface area contributed by atoms with E-state index < -0.39 is 46.6 Å². The number of ketones is 1. The van der Waals surface area contributed by atoms with Gasteiger partial charge in [-0.05, 0) is 31.6 Å². The summed E-state index contributed by atoms with van der Waals surface area (Å²) >= 11 is 0. The van der Waals surface area contributed by atoms with Crippen LogP contribution in [-0.2, 0) is 18.9 Å². The van der Waals surface area contributed by atoms with Crippen LogP contribution in [0.3, 0.4) is 0 Å². The minimum Gasteiger partial charge on any atom is -0.384 e. The summed E-state index contributed by atoms with van der Waals surface area (Å²) in [6.45, 7) is 1.50. The van der Waals surface area contributed by atoms with Crippen LogP contribution in [0.1, 0.15) is 49.4 Å². The number of urea groups is 1. The first-order chi connectivity index (χ1) is 13.1. The Morgan fingerprint density at radius 3 is 2.32 bits per heavy atom. The van der Waals surface area contributed by atoms with Gasteiger partial charge in [0.2, 0.25) is 0 Å². The number of anilines is 1. The highest BCUT2D eigenvalue weighted by molar-refractivity contribution is 6.11. The zero-order chi connectivity index (χ0) is 20.8. The molecule has 2 fully saturated rings. The van der Waals surface area contributed by atoms with E-state index in [1.54, 1.807) is 0 Å². The summed E-state index contributed by atoms with van der Waals surface area (Å²) in [7, 11) is 2.57. The fraction of sp³-hybridized carbons (Fsp3) is 0.611. The van der Waals surface area contributed by atoms with Crippen LogP contribution in [0.5, 0.6) is 0 Å². The van der Waals surface area contributed by atoms with Gasteiger partial charge in [0, 0.05) is 14.1 Å². The normalized spacial score (nSPS) is 24.7. The fourth-order valence-corrected chi connectivity index (χ4v) is 4.08. The molecule has 2 aliphatic rings. The molecule has 10 nitrogen and oxygen atoms in total. The lowest BCUT2D eigenvalue weighted by Crippen LogP contribution is -2.50. The molecule has 28 heavy (non-hydrogen) atoms. The molecule has 0 radical (unpaired) electrons. The maximum atomic E-state index is 12.9. The molecule has 3 amide bonds. The molecule has 152 valence electrons. The minimum absolute atomic E-state index is 0.289. The van der Waals surface area contributed by atoms with Gasteiger partial charge in [-0.3, -0.25) is 28.4 Å². The van der Waals surface area contributed by atoms with Crippen LogP contribution in [0.4, 0.5) is 10.6 Å². The van der Waals surface area contributed by atoms with E-state index >= 15 is 0 Å². The average Bonchev–Trinajstić information content (AvgIpc) is 2.90. The SMILES string of the molecule is CCC1CCC2(CC1)NC(=O)N(CC(=O)c1c(N)n(C)c(=O)n(C)c1=O)C2=O. The zero-order valence-corrected chi connectivity index (χ0v) is 16.3. The van der Waals surface area contributed by atoms with Crippen LogP contribution in [0.2, 0.25) is 0 Å². The molecule has 1 spiro atoms. The lowest BCUT2D eigenvalue weighted by atomic mass is 9.75. The van der Waals surface area contributed by atoms with Crippen LogP contribution in [0.15, 0.2) is 9.59 Å². The smallest absolute Gasteiger partial charge is 0.332 e. The quantitative estimate of drug-likeness (QED) is 0.536. The number of nitrogens with one attached hydrogen (secondary N) is 1. The van der Waals surface area contributed by atoms with E-state index in [0.717, 1.165) is 33.3 Å². The van der Waals surface area contributed by atoms with Gasteiger partial charge >= 0.3 is 11.7 Å². The summed E-state index contributed by atoms with van der Waals surface area (Å²) in [6.07, 6.45) is 3.75. The van der Waals surface area contributed by atoms with Gasteiger partial charge in [0.05, 0.1) is 6.54 Å². The van der Waals surface area contributed by atoms with Gasteiger partial charge < -0.3 is 11.1 Å². The second-order valence-electron chi connectivity index (χ2n) is 7.64. The van der Waals surface area contributed by atoms with Crippen molar-refractivity contribution in [2.24, 2.45) is 20.0 Å². The van der Waals surface area contributed by atoms with Gasteiger partial charge in [-0.15, -0.1) is 0 Å². The minimum atomic E-state index is -0.969. The molecule has 1 saturated carbocycles. The highest BCUT2D eigenvalue weighted by atomic mass is 16.2. The number of imide groups is 1. The molecule has 10 heteroatoms. The number of nitrogens with two attached hydrogens (primary N) is 1. The third-order valence-electron chi connectivity index (χ3n) is 6.07. The van der Waals surface area contributed by atoms with E-state index in [2.05, 4.69) is 12.2 Å². The van der Waals surface area contributed by atoms with E-state index in [-0.39, 0.29) is 5.82 Å². The lowest BCUT2D eigenvalue weighted by molar-refractivity contribution is -0.132. The number of aromatic nitrogens is 2. The number of Topliss-reactive ketones (excluding diaryl/α,β-unsaturated/α-hetero) is 1. The van der Waals surface area contributed by atoms with Crippen molar-refractivity contribution >= 4 is 23.5 Å². The number of amides is 3. The van der Waals surface area contributed by atoms with E-state index in [9.17, 15) is 24.0 Å². The van der Waals surface area contributed by atoms with Crippen LogP contribution in [-0.4, -0.2) is 43.8 Å². The second kappa shape index (κ2) is 6.92. The summed E-state index contributed by atoms with van der Waals surface area (Å²) in [4.78, 5) is 63.2. The van der Waals surface area contributed by atoms with Crippen molar-refractivity contribution in [3.05, 3.63) is 26.4 Å². The predicted molar refractivity (Wildman–Crippen MR) is 101 cm³/mol. The maximum Gasteiger partial charge on any atom is 0.332 e. The molecular weight excluding hydrogens is 366 g/mol. The van der Waals surface area contributed by atoms with Crippen molar-refractivity contribution in [3.8, 4) is 0 Å². The topological polar surface area (TPSA) is 136 Å². The van der Waals surface area contributed by atoms with Crippen molar-refractivity contribution in [1.29, 1.82) is 0 Å². The van der Waals surface area contributed by atoms with E-state index in [1.807, 2.05) is 0 Å². The molecule has 1 saturated heterocycles. The van der Waals surface area contributed by atoms with Crippen LogP contribution >= 0.6 is 0 Å². The molecule has 3 rings (SSSR count). The first-order valence-electron chi connectivity index (χ1n) is 9.35. The largest absolute Gasteiger partial charge is 0.384 e. The number of rotatable bonds is 4. The van der Waals surface area contributed by atoms with Crippen molar-refractivity contribution in [2.45, 2.75) is 44.6 Å². The van der Waals surface area contributed by atoms with E-state index in [4.69, 9.17) is 5.73 Å². The summed E-state index contributed by atoms with van der Waals surface area (Å²) in [5, 5.41) is 2.75. The Labute approximate surface area is 161 Å². The van der Waals surface area contributed by atoms with Gasteiger partial charge in [0.15, 0.2) is 5.78 Å². The third-order valence-corrected chi connectivity index (χ3v) is 6.07. The average molecular weight is 391 g/mol. The lowest BCUT2D eigenvalue weighted by Gasteiger charge is -2.34. The maximum absolute atomic E-state index is 12.9. The zero-order valence-electron chi connectivity index (χ0n) is 16.3. The van der Waals surface area contributed by atoms with Gasteiger partial charge in [0.1, 0.15) is 16.9 Å². The summed E-state index contributed by atoms with van der Waals surface area (Å²) in [5.41, 5.74) is 2.90. The number of nitrogens with zero attached hydrogens (tertiary/aromatic N) is 3. The van der Waals surface area contributed by atoms with Crippen molar-refractivity contribution in [1.82, 2.24) is 19.4 Å². The van der Waals surface area contributed by atoms with E-state index in [0.29, 0.717) is 18.8 Å². The van der Waals surface area contributed by atoms with Crippen molar-refractivity contribution in [2.75, 3.05) is 12.3 Å². The van der Waals surface area contributed by atoms with Crippen LogP contribution in [0.25, 0.3) is 0 Å². The molecule has 1 aromatic rings. The summed E-state index contributed by atoms with van der Waals surface area (Å²) in [6, 6.07) is -0.645. The van der Waals surface area contributed by atoms with Crippen LogP contribution in [0, 0.1) is 5.92 Å². The highest BCUT2D eigenvalue weighted by Crippen LogP contribution is 2.37. The Balaban J connectivity index is 1.86. The third kappa shape index (κ3) is 2.92. The number of hydrogen-bond donors (Lipinski definition) is 2. The Morgan fingerprint density at radius 1 is 1.14 bits per heavy atom. The monoisotopic (exact) mass is 391 g/mol. The Kier molecular flexibility index (Phi) is 4.90. The van der Waals surface area contributed by atoms with Crippen molar-refractivity contribution < 1.29 is 14.4 Å². The molecule has 1 aliphatic carbocycles. The molecule has 3 N–H and O–H groups in total. The summed E-state index contributed by atoms with van der Waals surface area (Å²) in [5.74, 6) is -0.986. The number of carbonyl (C=O) groups is 3. The van der Waals surface area contributed by atoms with Gasteiger partial charge in [0.25, 0.3) is 11.5 Å². The molecular formula is C18H25N5O5. The summed E-state index contributed by atoms with van der Waals surface area (Å²) < 4.78 is 1.75. The van der Waals surface area contributed by atoms with Gasteiger partial charge in [-0.2, -0.15) is 0 Å². The first-order valence-corrected chi connectivity index (χ1v) is 9.35. The Morgan fingerprint density at radius 2 is 1.75 bits per heavy atom. The fourth-order valence-electron chi connectivity index (χ4n) is 4.08. The van der Waals surface area contributed by atoms with E-state index in [1.165, 1.54) is 14.1 Å². The van der Waals surface area contributed by atoms with Gasteiger partial charge in [-0.25, -0.2) is 9.59 Å². The number of nitrogen functional groups attached to an aromatic ring is 1. The molecule has 0 atom stereocenters. The van der Waals surface area contributed by atoms with Crippen LogP contribution < -0.4 is 22.3 Å². The highest BCUT2D eigenvalue weighted by Gasteiger charge is 2.52. The molecule has 1 aromatic heterocycles. The van der Waals surface area contributed by atoms with Crippen molar-refractivity contribution in [3.63, 3.8) is 0 Å².